The molecule has 1 saturated heterocycles. The van der Waals surface area contributed by atoms with E-state index in [1.165, 1.54) is 16.2 Å². The quantitative estimate of drug-likeness (QED) is 0.802. The third-order valence-electron chi connectivity index (χ3n) is 2.28. The van der Waals surface area contributed by atoms with E-state index < -0.39 is 12.0 Å². The molecule has 0 radical (unpaired) electrons. The Morgan fingerprint density at radius 1 is 1.64 bits per heavy atom. The smallest absolute Gasteiger partial charge is 0.326 e. The second-order valence-corrected chi connectivity index (χ2v) is 3.92. The third kappa shape index (κ3) is 1.39. The highest BCUT2D eigenvalue weighted by molar-refractivity contribution is 7.08. The number of carboxylic acid groups (broad SMARTS) is 1. The van der Waals surface area contributed by atoms with Crippen LogP contribution in [0.4, 0.5) is 5.69 Å². The normalized spacial score (nSPS) is 21.6. The molecule has 1 aromatic rings. The van der Waals surface area contributed by atoms with Crippen LogP contribution in [0.15, 0.2) is 16.8 Å². The summed E-state index contributed by atoms with van der Waals surface area (Å²) in [6, 6.07) is 1.08. The van der Waals surface area contributed by atoms with E-state index in [1.54, 1.807) is 11.4 Å². The molecule has 2 rings (SSSR count). The molecule has 5 heteroatoms. The van der Waals surface area contributed by atoms with Crippen molar-refractivity contribution in [3.05, 3.63) is 16.8 Å². The Balaban J connectivity index is 2.31. The van der Waals surface area contributed by atoms with Crippen molar-refractivity contribution in [3.8, 4) is 0 Å². The first kappa shape index (κ1) is 9.21. The van der Waals surface area contributed by atoms with Gasteiger partial charge in [-0.2, -0.15) is 11.3 Å². The van der Waals surface area contributed by atoms with E-state index in [-0.39, 0.29) is 5.91 Å². The van der Waals surface area contributed by atoms with Crippen molar-refractivity contribution in [3.63, 3.8) is 0 Å². The molecule has 4 nitrogen and oxygen atoms in total. The average Bonchev–Trinajstić information content (AvgIpc) is 2.71. The minimum atomic E-state index is -0.929. The largest absolute Gasteiger partial charge is 0.480 e. The summed E-state index contributed by atoms with van der Waals surface area (Å²) in [5, 5.41) is 12.5. The molecule has 0 saturated carbocycles. The van der Waals surface area contributed by atoms with Crippen molar-refractivity contribution >= 4 is 28.9 Å². The molecular formula is C9H9NO3S. The summed E-state index contributed by atoms with van der Waals surface area (Å²) >= 11 is 1.46. The first-order chi connectivity index (χ1) is 6.70. The molecule has 2 heterocycles. The lowest BCUT2D eigenvalue weighted by atomic mass is 10.2. The number of thiophene rings is 1. The lowest BCUT2D eigenvalue weighted by Crippen LogP contribution is -2.38. The van der Waals surface area contributed by atoms with Crippen molar-refractivity contribution in [1.29, 1.82) is 0 Å². The van der Waals surface area contributed by atoms with Gasteiger partial charge in [0.05, 0.1) is 5.69 Å². The molecule has 14 heavy (non-hydrogen) atoms. The highest BCUT2D eigenvalue weighted by Crippen LogP contribution is 2.28. The van der Waals surface area contributed by atoms with Crippen molar-refractivity contribution in [1.82, 2.24) is 0 Å². The summed E-state index contributed by atoms with van der Waals surface area (Å²) in [7, 11) is 0. The predicted octanol–water partition coefficient (Wildman–Crippen LogP) is 1.33. The zero-order valence-corrected chi connectivity index (χ0v) is 8.16. The number of carboxylic acids is 1. The Hall–Kier alpha value is -1.36. The lowest BCUT2D eigenvalue weighted by Gasteiger charge is -2.19. The predicted molar refractivity (Wildman–Crippen MR) is 52.5 cm³/mol. The standard InChI is InChI=1S/C9H9NO3S/c11-8-2-1-7(9(12)13)10(8)6-3-4-14-5-6/h3-5,7H,1-2H2,(H,12,13). The summed E-state index contributed by atoms with van der Waals surface area (Å²) in [6.07, 6.45) is 0.733. The van der Waals surface area contributed by atoms with Gasteiger partial charge in [-0.05, 0) is 17.9 Å². The number of hydrogen-bond donors (Lipinski definition) is 1. The summed E-state index contributed by atoms with van der Waals surface area (Å²) in [4.78, 5) is 23.7. The van der Waals surface area contributed by atoms with Crippen molar-refractivity contribution in [2.45, 2.75) is 18.9 Å². The highest BCUT2D eigenvalue weighted by Gasteiger charge is 2.37. The molecule has 1 aliphatic heterocycles. The van der Waals surface area contributed by atoms with Crippen molar-refractivity contribution in [2.24, 2.45) is 0 Å². The van der Waals surface area contributed by atoms with Gasteiger partial charge in [-0.3, -0.25) is 9.69 Å². The summed E-state index contributed by atoms with van der Waals surface area (Å²) in [5.74, 6) is -1.03. The van der Waals surface area contributed by atoms with Crippen LogP contribution in [0.5, 0.6) is 0 Å². The maximum atomic E-state index is 11.5. The van der Waals surface area contributed by atoms with Crippen LogP contribution in [0.1, 0.15) is 12.8 Å². The van der Waals surface area contributed by atoms with Gasteiger partial charge < -0.3 is 5.11 Å². The van der Waals surface area contributed by atoms with Gasteiger partial charge in [0.1, 0.15) is 6.04 Å². The maximum Gasteiger partial charge on any atom is 0.326 e. The number of rotatable bonds is 2. The van der Waals surface area contributed by atoms with E-state index in [2.05, 4.69) is 0 Å². The minimum absolute atomic E-state index is 0.101. The van der Waals surface area contributed by atoms with Crippen LogP contribution in [-0.2, 0) is 9.59 Å². The number of hydrogen-bond acceptors (Lipinski definition) is 3. The number of aliphatic carboxylic acids is 1. The monoisotopic (exact) mass is 211 g/mol. The van der Waals surface area contributed by atoms with Gasteiger partial charge in [-0.1, -0.05) is 0 Å². The van der Waals surface area contributed by atoms with Gasteiger partial charge in [-0.15, -0.1) is 0 Å². The SMILES string of the molecule is O=C(O)C1CCC(=O)N1c1ccsc1. The Labute approximate surface area is 84.8 Å². The molecule has 0 bridgehead atoms. The second-order valence-electron chi connectivity index (χ2n) is 3.14. The first-order valence-electron chi connectivity index (χ1n) is 4.27. The Morgan fingerprint density at radius 2 is 2.43 bits per heavy atom. The topological polar surface area (TPSA) is 57.6 Å². The van der Waals surface area contributed by atoms with Crippen LogP contribution in [0.3, 0.4) is 0 Å². The van der Waals surface area contributed by atoms with Crippen LogP contribution >= 0.6 is 11.3 Å². The number of anilines is 1. The van der Waals surface area contributed by atoms with Crippen LogP contribution < -0.4 is 4.90 Å². The zero-order chi connectivity index (χ0) is 10.1. The van der Waals surface area contributed by atoms with Crippen LogP contribution in [0.2, 0.25) is 0 Å². The molecule has 0 aromatic carbocycles. The van der Waals surface area contributed by atoms with Gasteiger partial charge in [-0.25, -0.2) is 4.79 Å². The molecule has 1 N–H and O–H groups in total. The molecule has 0 aliphatic carbocycles. The number of amides is 1. The van der Waals surface area contributed by atoms with E-state index >= 15 is 0 Å². The number of nitrogens with zero attached hydrogens (tertiary/aromatic N) is 1. The van der Waals surface area contributed by atoms with E-state index in [1.807, 2.05) is 5.38 Å². The Morgan fingerprint density at radius 3 is 3.00 bits per heavy atom. The van der Waals surface area contributed by atoms with Gasteiger partial charge in [0.2, 0.25) is 5.91 Å². The fourth-order valence-electron chi connectivity index (χ4n) is 1.64. The first-order valence-corrected chi connectivity index (χ1v) is 5.21. The highest BCUT2D eigenvalue weighted by atomic mass is 32.1. The zero-order valence-electron chi connectivity index (χ0n) is 7.34. The van der Waals surface area contributed by atoms with Gasteiger partial charge in [0.15, 0.2) is 0 Å². The second kappa shape index (κ2) is 3.42. The molecule has 1 aromatic heterocycles. The van der Waals surface area contributed by atoms with E-state index in [0.717, 1.165) is 0 Å². The third-order valence-corrected chi connectivity index (χ3v) is 2.95. The molecular weight excluding hydrogens is 202 g/mol. The molecule has 0 spiro atoms. The summed E-state index contributed by atoms with van der Waals surface area (Å²) < 4.78 is 0. The molecule has 1 amide bonds. The van der Waals surface area contributed by atoms with E-state index in [4.69, 9.17) is 5.11 Å². The molecule has 1 atom stereocenters. The number of carbonyl (C=O) groups excluding carboxylic acids is 1. The minimum Gasteiger partial charge on any atom is -0.480 e. The lowest BCUT2D eigenvalue weighted by molar-refractivity contribution is -0.138. The Kier molecular flexibility index (Phi) is 2.25. The molecule has 1 aliphatic rings. The summed E-state index contributed by atoms with van der Waals surface area (Å²) in [6.45, 7) is 0. The fourth-order valence-corrected chi connectivity index (χ4v) is 2.26. The average molecular weight is 211 g/mol. The molecule has 1 fully saturated rings. The van der Waals surface area contributed by atoms with Gasteiger partial charge in [0.25, 0.3) is 0 Å². The maximum absolute atomic E-state index is 11.5. The molecule has 1 unspecified atom stereocenters. The Bertz CT molecular complexity index is 360. The number of carbonyl (C=O) groups is 2. The van der Waals surface area contributed by atoms with Crippen molar-refractivity contribution < 1.29 is 14.7 Å². The molecule has 74 valence electrons. The van der Waals surface area contributed by atoms with E-state index in [9.17, 15) is 9.59 Å². The fraction of sp³-hybridized carbons (Fsp3) is 0.333. The van der Waals surface area contributed by atoms with Crippen molar-refractivity contribution in [2.75, 3.05) is 4.90 Å². The van der Waals surface area contributed by atoms with Crippen LogP contribution in [-0.4, -0.2) is 23.0 Å². The van der Waals surface area contributed by atoms with Crippen LogP contribution in [0.25, 0.3) is 0 Å². The van der Waals surface area contributed by atoms with Crippen LogP contribution in [0, 0.1) is 0 Å². The summed E-state index contributed by atoms with van der Waals surface area (Å²) in [5.41, 5.74) is 0.699. The van der Waals surface area contributed by atoms with Gasteiger partial charge >= 0.3 is 5.97 Å². The van der Waals surface area contributed by atoms with E-state index in [0.29, 0.717) is 18.5 Å². The van der Waals surface area contributed by atoms with Gasteiger partial charge in [0, 0.05) is 11.8 Å².